The van der Waals surface area contributed by atoms with Gasteiger partial charge in [-0.3, -0.25) is 9.78 Å². The van der Waals surface area contributed by atoms with Crippen molar-refractivity contribution in [1.82, 2.24) is 9.88 Å². The Morgan fingerprint density at radius 1 is 1.09 bits per heavy atom. The third-order valence-electron chi connectivity index (χ3n) is 3.75. The number of amides is 1. The maximum absolute atomic E-state index is 12.2. The van der Waals surface area contributed by atoms with Crippen molar-refractivity contribution < 1.29 is 4.79 Å². The predicted octanol–water partition coefficient (Wildman–Crippen LogP) is 2.54. The molecule has 1 aromatic heterocycles. The van der Waals surface area contributed by atoms with Crippen molar-refractivity contribution in [2.24, 2.45) is 0 Å². The van der Waals surface area contributed by atoms with Crippen LogP contribution in [0.3, 0.4) is 0 Å². The summed E-state index contributed by atoms with van der Waals surface area (Å²) in [7, 11) is 0. The highest BCUT2D eigenvalue weighted by molar-refractivity contribution is 9.10. The quantitative estimate of drug-likeness (QED) is 0.724. The van der Waals surface area contributed by atoms with Crippen LogP contribution in [0, 0.1) is 11.8 Å². The molecule has 1 saturated heterocycles. The zero-order valence-corrected chi connectivity index (χ0v) is 14.2. The smallest absolute Gasteiger partial charge is 0.298 e. The van der Waals surface area contributed by atoms with Gasteiger partial charge < -0.3 is 9.80 Å². The molecule has 0 aliphatic carbocycles. The van der Waals surface area contributed by atoms with Crippen molar-refractivity contribution in [3.8, 4) is 11.8 Å². The maximum atomic E-state index is 12.2. The Morgan fingerprint density at radius 3 is 2.52 bits per heavy atom. The van der Waals surface area contributed by atoms with E-state index in [2.05, 4.69) is 37.7 Å². The fourth-order valence-electron chi connectivity index (χ4n) is 2.50. The van der Waals surface area contributed by atoms with E-state index in [1.54, 1.807) is 12.4 Å². The lowest BCUT2D eigenvalue weighted by Gasteiger charge is -2.35. The summed E-state index contributed by atoms with van der Waals surface area (Å²) in [6.45, 7) is 2.94. The molecule has 1 aliphatic rings. The molecule has 1 aliphatic heterocycles. The normalized spacial score (nSPS) is 14.1. The second kappa shape index (κ2) is 7.30. The van der Waals surface area contributed by atoms with Crippen LogP contribution in [-0.4, -0.2) is 42.0 Å². The first-order valence-electron chi connectivity index (χ1n) is 7.44. The van der Waals surface area contributed by atoms with E-state index in [0.29, 0.717) is 13.1 Å². The van der Waals surface area contributed by atoms with E-state index in [1.165, 1.54) is 0 Å². The van der Waals surface area contributed by atoms with E-state index in [0.717, 1.165) is 28.8 Å². The minimum Gasteiger partial charge on any atom is -0.367 e. The number of piperazine rings is 1. The molecule has 0 unspecified atom stereocenters. The summed E-state index contributed by atoms with van der Waals surface area (Å²) < 4.78 is 0.976. The number of anilines is 1. The van der Waals surface area contributed by atoms with Gasteiger partial charge in [-0.2, -0.15) is 0 Å². The Bertz CT molecular complexity index is 744. The van der Waals surface area contributed by atoms with Crippen molar-refractivity contribution in [2.75, 3.05) is 31.1 Å². The fraction of sp³-hybridized carbons (Fsp3) is 0.222. The van der Waals surface area contributed by atoms with E-state index in [-0.39, 0.29) is 5.91 Å². The molecule has 116 valence electrons. The molecule has 1 aromatic carbocycles. The molecule has 5 heteroatoms. The van der Waals surface area contributed by atoms with Crippen molar-refractivity contribution in [2.45, 2.75) is 0 Å². The second-order valence-electron chi connectivity index (χ2n) is 5.22. The van der Waals surface area contributed by atoms with E-state index < -0.39 is 0 Å². The highest BCUT2D eigenvalue weighted by atomic mass is 79.9. The minimum absolute atomic E-state index is 0.109. The number of aromatic nitrogens is 1. The van der Waals surface area contributed by atoms with Gasteiger partial charge in [0.2, 0.25) is 0 Å². The molecule has 2 aromatic rings. The van der Waals surface area contributed by atoms with Gasteiger partial charge in [0, 0.05) is 50.1 Å². The van der Waals surface area contributed by atoms with Crippen LogP contribution < -0.4 is 4.90 Å². The predicted molar refractivity (Wildman–Crippen MR) is 94.1 cm³/mol. The lowest BCUT2D eigenvalue weighted by atomic mass is 10.2. The molecule has 0 spiro atoms. The van der Waals surface area contributed by atoms with Gasteiger partial charge >= 0.3 is 0 Å². The molecule has 0 atom stereocenters. The Balaban J connectivity index is 1.60. The first-order valence-corrected chi connectivity index (χ1v) is 8.24. The average molecular weight is 370 g/mol. The first kappa shape index (κ1) is 15.6. The molecule has 0 N–H and O–H groups in total. The zero-order valence-electron chi connectivity index (χ0n) is 12.6. The van der Waals surface area contributed by atoms with Crippen LogP contribution in [0.4, 0.5) is 5.69 Å². The second-order valence-corrected chi connectivity index (χ2v) is 6.08. The van der Waals surface area contributed by atoms with E-state index in [9.17, 15) is 4.79 Å². The number of nitrogens with zero attached hydrogens (tertiary/aromatic N) is 3. The summed E-state index contributed by atoms with van der Waals surface area (Å²) >= 11 is 3.52. The molecule has 0 radical (unpaired) electrons. The van der Waals surface area contributed by atoms with Gasteiger partial charge in [-0.1, -0.05) is 24.1 Å². The Labute approximate surface area is 144 Å². The summed E-state index contributed by atoms with van der Waals surface area (Å²) in [5.74, 6) is 5.55. The molecule has 23 heavy (non-hydrogen) atoms. The van der Waals surface area contributed by atoms with Gasteiger partial charge in [0.25, 0.3) is 5.91 Å². The zero-order chi connectivity index (χ0) is 16.1. The largest absolute Gasteiger partial charge is 0.367 e. The Kier molecular flexibility index (Phi) is 4.94. The molecule has 3 rings (SSSR count). The third-order valence-corrected chi connectivity index (χ3v) is 4.36. The molecule has 0 bridgehead atoms. The summed E-state index contributed by atoms with van der Waals surface area (Å²) in [5.41, 5.74) is 1.97. The number of rotatable bonds is 1. The van der Waals surface area contributed by atoms with Crippen LogP contribution in [0.2, 0.25) is 0 Å². The summed E-state index contributed by atoms with van der Waals surface area (Å²) in [4.78, 5) is 20.3. The van der Waals surface area contributed by atoms with Gasteiger partial charge in [-0.25, -0.2) is 0 Å². The van der Waals surface area contributed by atoms with Gasteiger partial charge in [-0.05, 0) is 34.1 Å². The number of carbonyl (C=O) groups is 1. The number of carbonyl (C=O) groups excluding carboxylic acids is 1. The van der Waals surface area contributed by atoms with Crippen molar-refractivity contribution in [3.63, 3.8) is 0 Å². The molecule has 0 saturated carbocycles. The van der Waals surface area contributed by atoms with E-state index in [4.69, 9.17) is 0 Å². The number of hydrogen-bond donors (Lipinski definition) is 0. The standard InChI is InChI=1S/C18H16BrN3O/c19-16-14-20-9-8-17(16)21-10-12-22(13-11-21)18(23)7-6-15-4-2-1-3-5-15/h1-5,8-9,14H,10-13H2. The van der Waals surface area contributed by atoms with Gasteiger partial charge in [-0.15, -0.1) is 0 Å². The Hall–Kier alpha value is -2.32. The summed E-state index contributed by atoms with van der Waals surface area (Å²) in [5, 5.41) is 0. The van der Waals surface area contributed by atoms with E-state index >= 15 is 0 Å². The first-order chi connectivity index (χ1) is 11.2. The molecular weight excluding hydrogens is 354 g/mol. The lowest BCUT2D eigenvalue weighted by Crippen LogP contribution is -2.48. The van der Waals surface area contributed by atoms with Crippen molar-refractivity contribution in [3.05, 3.63) is 58.8 Å². The van der Waals surface area contributed by atoms with Crippen molar-refractivity contribution >= 4 is 27.5 Å². The van der Waals surface area contributed by atoms with E-state index in [1.807, 2.05) is 41.3 Å². The Morgan fingerprint density at radius 2 is 1.83 bits per heavy atom. The number of pyridine rings is 1. The van der Waals surface area contributed by atoms with Crippen LogP contribution in [0.1, 0.15) is 5.56 Å². The number of halogens is 1. The molecule has 1 fully saturated rings. The SMILES string of the molecule is O=C(C#Cc1ccccc1)N1CCN(c2ccncc2Br)CC1. The lowest BCUT2D eigenvalue weighted by molar-refractivity contribution is -0.125. The molecule has 2 heterocycles. The highest BCUT2D eigenvalue weighted by Gasteiger charge is 2.21. The molecule has 4 nitrogen and oxygen atoms in total. The fourth-order valence-corrected chi connectivity index (χ4v) is 3.00. The third kappa shape index (κ3) is 3.91. The van der Waals surface area contributed by atoms with Gasteiger partial charge in [0.15, 0.2) is 0 Å². The van der Waals surface area contributed by atoms with Crippen LogP contribution >= 0.6 is 15.9 Å². The maximum Gasteiger partial charge on any atom is 0.298 e. The van der Waals surface area contributed by atoms with Crippen LogP contribution in [0.5, 0.6) is 0 Å². The van der Waals surface area contributed by atoms with Gasteiger partial charge in [0.05, 0.1) is 10.2 Å². The van der Waals surface area contributed by atoms with Gasteiger partial charge in [0.1, 0.15) is 0 Å². The monoisotopic (exact) mass is 369 g/mol. The van der Waals surface area contributed by atoms with Crippen LogP contribution in [-0.2, 0) is 4.79 Å². The number of hydrogen-bond acceptors (Lipinski definition) is 3. The topological polar surface area (TPSA) is 36.4 Å². The summed E-state index contributed by atoms with van der Waals surface area (Å²) in [6.07, 6.45) is 3.57. The number of benzene rings is 1. The highest BCUT2D eigenvalue weighted by Crippen LogP contribution is 2.25. The minimum atomic E-state index is -0.109. The average Bonchev–Trinajstić information content (AvgIpc) is 2.61. The van der Waals surface area contributed by atoms with Crippen LogP contribution in [0.25, 0.3) is 0 Å². The van der Waals surface area contributed by atoms with Crippen molar-refractivity contribution in [1.29, 1.82) is 0 Å². The molecule has 1 amide bonds. The van der Waals surface area contributed by atoms with Crippen LogP contribution in [0.15, 0.2) is 53.3 Å². The molecular formula is C18H16BrN3O. The summed E-state index contributed by atoms with van der Waals surface area (Å²) in [6, 6.07) is 11.6.